The van der Waals surface area contributed by atoms with Crippen LogP contribution < -0.4 is 44.9 Å². The molecule has 15 nitrogen and oxygen atoms in total. The van der Waals surface area contributed by atoms with Gasteiger partial charge in [0.05, 0.1) is 47.7 Å². The number of nitrogens with zero attached hydrogens (tertiary/aromatic N) is 3. The highest BCUT2D eigenvalue weighted by atomic mass is 33.1. The Morgan fingerprint density at radius 3 is 2.11 bits per heavy atom. The topological polar surface area (TPSA) is 176 Å². The quantitative estimate of drug-likeness (QED) is 0.0498. The second-order valence-electron chi connectivity index (χ2n) is 23.9. The third-order valence-electron chi connectivity index (χ3n) is 16.4. The summed E-state index contributed by atoms with van der Waals surface area (Å²) in [6.45, 7) is 18.5. The van der Waals surface area contributed by atoms with E-state index in [1.54, 1.807) is 41.7 Å². The van der Waals surface area contributed by atoms with Crippen LogP contribution in [0.15, 0.2) is 91.0 Å². The SMILES string of the molecule is CCC(=O)CCC(C)SSC(C)(C)CCC(=O)N[C@H](C(=O)C[C@@H](C)C(=O)Nc1cc(COc2cc3c(cc2C)C(=O)N2c4ccccc4C[C@H]2CN3C)cc(COc2cc3c(cc2OC)C(=O)N2c4ccccc4C[C@H]2C(C)N3)c1)C(C)C. The fourth-order valence-electron chi connectivity index (χ4n) is 11.7. The van der Waals surface area contributed by atoms with Gasteiger partial charge in [-0.3, -0.25) is 28.8 Å². The molecule has 9 rings (SSSR count). The number of nitrogens with one attached hydrogen (secondary N) is 3. The average Bonchev–Trinajstić information content (AvgIpc) is 2.95. The fraction of sp³-hybridized carbons (Fsp3) is 0.455. The molecule has 0 aromatic heterocycles. The maximum atomic E-state index is 14.3. The van der Waals surface area contributed by atoms with Crippen molar-refractivity contribution in [2.75, 3.05) is 46.0 Å². The van der Waals surface area contributed by atoms with E-state index in [1.807, 2.05) is 117 Å². The van der Waals surface area contributed by atoms with E-state index < -0.39 is 12.0 Å². The molecule has 17 heteroatoms. The number of para-hydroxylation sites is 2. The van der Waals surface area contributed by atoms with E-state index in [9.17, 15) is 28.8 Å². The predicted molar refractivity (Wildman–Crippen MR) is 334 cm³/mol. The lowest BCUT2D eigenvalue weighted by atomic mass is 9.92. The molecule has 0 saturated heterocycles. The summed E-state index contributed by atoms with van der Waals surface area (Å²) in [5.41, 5.74) is 9.33. The van der Waals surface area contributed by atoms with E-state index in [4.69, 9.17) is 14.2 Å². The number of hydrogen-bond acceptors (Lipinski definition) is 13. The number of anilines is 5. The van der Waals surface area contributed by atoms with Crippen molar-refractivity contribution < 1.29 is 43.0 Å². The van der Waals surface area contributed by atoms with E-state index >= 15 is 0 Å². The first-order valence-electron chi connectivity index (χ1n) is 29.2. The molecule has 4 aliphatic rings. The van der Waals surface area contributed by atoms with Gasteiger partial charge in [0.15, 0.2) is 17.3 Å². The number of Topliss-reactive ketones (excluding diaryl/α,β-unsaturated/α-hetero) is 2. The monoisotopic (exact) mass is 1160 g/mol. The number of methoxy groups -OCH3 is 1. The summed E-state index contributed by atoms with van der Waals surface area (Å²) in [6, 6.07) is 28.2. The lowest BCUT2D eigenvalue weighted by Crippen LogP contribution is -2.45. The van der Waals surface area contributed by atoms with Gasteiger partial charge >= 0.3 is 0 Å². The number of ketones is 2. The highest BCUT2D eigenvalue weighted by molar-refractivity contribution is 8.77. The van der Waals surface area contributed by atoms with E-state index in [0.29, 0.717) is 76.4 Å². The number of hydrogen-bond donors (Lipinski definition) is 3. The number of benzene rings is 5. The molecule has 0 fully saturated rings. The van der Waals surface area contributed by atoms with Crippen LogP contribution in [0.25, 0.3) is 0 Å². The van der Waals surface area contributed by atoms with Crippen molar-refractivity contribution in [1.82, 2.24) is 5.32 Å². The van der Waals surface area contributed by atoms with Crippen LogP contribution >= 0.6 is 21.6 Å². The van der Waals surface area contributed by atoms with E-state index in [1.165, 1.54) is 5.56 Å². The van der Waals surface area contributed by atoms with E-state index in [-0.39, 0.29) is 90.0 Å². The molecular weight excluding hydrogens is 1080 g/mol. The van der Waals surface area contributed by atoms with Crippen molar-refractivity contribution in [3.8, 4) is 17.2 Å². The number of fused-ring (bicyclic) bond motifs is 8. The average molecular weight is 1170 g/mol. The summed E-state index contributed by atoms with van der Waals surface area (Å²) in [5, 5.41) is 9.96. The number of likely N-dealkylation sites (N-methyl/N-ethyl adjacent to an activating group) is 1. The molecule has 0 bridgehead atoms. The summed E-state index contributed by atoms with van der Waals surface area (Å²) in [4.78, 5) is 88.1. The van der Waals surface area contributed by atoms with Crippen LogP contribution in [-0.2, 0) is 45.2 Å². The van der Waals surface area contributed by atoms with Crippen molar-refractivity contribution in [3.05, 3.63) is 130 Å². The smallest absolute Gasteiger partial charge is 0.260 e. The van der Waals surface area contributed by atoms with Gasteiger partial charge in [0.2, 0.25) is 11.8 Å². The number of aryl methyl sites for hydroxylation is 1. The molecule has 0 saturated carbocycles. The van der Waals surface area contributed by atoms with Crippen molar-refractivity contribution in [2.45, 2.75) is 161 Å². The third-order valence-corrected chi connectivity index (χ3v) is 20.4. The second kappa shape index (κ2) is 25.9. The molecule has 4 amide bonds. The molecule has 83 heavy (non-hydrogen) atoms. The molecule has 2 unspecified atom stereocenters. The molecule has 5 aromatic carbocycles. The van der Waals surface area contributed by atoms with E-state index in [2.05, 4.69) is 60.7 Å². The van der Waals surface area contributed by atoms with Gasteiger partial charge < -0.3 is 44.9 Å². The highest BCUT2D eigenvalue weighted by Crippen LogP contribution is 2.45. The number of rotatable bonds is 24. The number of carbonyl (C=O) groups is 6. The largest absolute Gasteiger partial charge is 0.493 e. The fourth-order valence-corrected chi connectivity index (χ4v) is 14.3. The zero-order valence-electron chi connectivity index (χ0n) is 49.8. The number of amides is 4. The Hall–Kier alpha value is -6.98. The normalized spacial score (nSPS) is 18.0. The Labute approximate surface area is 497 Å². The zero-order valence-corrected chi connectivity index (χ0v) is 51.4. The molecule has 0 radical (unpaired) electrons. The minimum absolute atomic E-state index is 0.00433. The lowest BCUT2D eigenvalue weighted by molar-refractivity contribution is -0.131. The van der Waals surface area contributed by atoms with Crippen molar-refractivity contribution in [3.63, 3.8) is 0 Å². The Bertz CT molecular complexity index is 3290. The van der Waals surface area contributed by atoms with Crippen molar-refractivity contribution >= 4 is 85.2 Å². The van der Waals surface area contributed by atoms with Gasteiger partial charge in [-0.15, -0.1) is 0 Å². The summed E-state index contributed by atoms with van der Waals surface area (Å²) in [6.07, 6.45) is 4.19. The first-order valence-corrected chi connectivity index (χ1v) is 31.4. The molecule has 5 aromatic rings. The van der Waals surface area contributed by atoms with Crippen LogP contribution in [0.5, 0.6) is 17.2 Å². The van der Waals surface area contributed by atoms with Gasteiger partial charge in [-0.05, 0) is 130 Å². The Morgan fingerprint density at radius 1 is 0.783 bits per heavy atom. The molecular formula is C66H80N6O9S2. The molecule has 4 heterocycles. The van der Waals surface area contributed by atoms with Crippen LogP contribution in [0, 0.1) is 18.8 Å². The maximum Gasteiger partial charge on any atom is 0.260 e. The van der Waals surface area contributed by atoms with Gasteiger partial charge in [0, 0.05) is 90.4 Å². The van der Waals surface area contributed by atoms with Gasteiger partial charge in [0.1, 0.15) is 24.7 Å². The predicted octanol–water partition coefficient (Wildman–Crippen LogP) is 12.3. The number of carbonyl (C=O) groups excluding carboxylic acids is 6. The maximum absolute atomic E-state index is 14.3. The van der Waals surface area contributed by atoms with Crippen molar-refractivity contribution in [2.24, 2.45) is 11.8 Å². The summed E-state index contributed by atoms with van der Waals surface area (Å²) >= 11 is 0. The van der Waals surface area contributed by atoms with Crippen LogP contribution in [0.2, 0.25) is 0 Å². The van der Waals surface area contributed by atoms with Gasteiger partial charge in [-0.2, -0.15) is 0 Å². The molecule has 440 valence electrons. The first-order chi connectivity index (χ1) is 39.6. The molecule has 0 spiro atoms. The minimum atomic E-state index is -0.776. The Balaban J connectivity index is 0.912. The standard InChI is InChI=1S/C66H80N6O9S2/c1-12-49(73)22-21-41(6)82-83-66(8,9)24-23-61(75)69-62(38(2)3)57(74)26-40(5)63(76)68-47-28-43(36-80-58-34-56-51(25-39(58)4)65(78)71-48(35-70(56)10)30-45-17-13-15-19-53(45)71)27-44(29-47)37-81-60-33-52-50(32-59(60)79-11)64(77)72-54-20-16-14-18-46(54)31-55(72)42(7)67-52/h13-20,25,27-29,32-34,38,40-42,48,55,62,67H,12,21-24,26,30-31,35-37H2,1-11H3,(H,68,76)(H,69,75)/t40-,41?,42?,48+,55+,62+/m1/s1. The molecule has 4 aliphatic heterocycles. The summed E-state index contributed by atoms with van der Waals surface area (Å²) in [7, 11) is 7.00. The summed E-state index contributed by atoms with van der Waals surface area (Å²) < 4.78 is 18.8. The van der Waals surface area contributed by atoms with E-state index in [0.717, 1.165) is 53.0 Å². The second-order valence-corrected chi connectivity index (χ2v) is 27.2. The van der Waals surface area contributed by atoms with Gasteiger partial charge in [-0.25, -0.2) is 0 Å². The Kier molecular flexibility index (Phi) is 18.9. The van der Waals surface area contributed by atoms with Gasteiger partial charge in [-0.1, -0.05) is 92.6 Å². The van der Waals surface area contributed by atoms with Crippen LogP contribution in [-0.4, -0.2) is 90.1 Å². The lowest BCUT2D eigenvalue weighted by Gasteiger charge is -2.27. The third kappa shape index (κ3) is 13.8. The zero-order chi connectivity index (χ0) is 59.4. The van der Waals surface area contributed by atoms with Gasteiger partial charge in [0.25, 0.3) is 11.8 Å². The van der Waals surface area contributed by atoms with Crippen LogP contribution in [0.3, 0.4) is 0 Å². The minimum Gasteiger partial charge on any atom is -0.493 e. The Morgan fingerprint density at radius 2 is 1.43 bits per heavy atom. The molecule has 0 aliphatic carbocycles. The molecule has 6 atom stereocenters. The number of ether oxygens (including phenoxy) is 3. The van der Waals surface area contributed by atoms with Crippen molar-refractivity contribution in [1.29, 1.82) is 0 Å². The molecule has 3 N–H and O–H groups in total. The van der Waals surface area contributed by atoms with Crippen LogP contribution in [0.4, 0.5) is 28.4 Å². The first kappa shape index (κ1) is 60.6. The summed E-state index contributed by atoms with van der Waals surface area (Å²) in [5.74, 6) is -0.276. The highest BCUT2D eigenvalue weighted by Gasteiger charge is 2.42. The van der Waals surface area contributed by atoms with Crippen LogP contribution in [0.1, 0.15) is 142 Å².